The van der Waals surface area contributed by atoms with Crippen LogP contribution in [-0.2, 0) is 0 Å². The molecule has 1 aliphatic rings. The Labute approximate surface area is 93.8 Å². The van der Waals surface area contributed by atoms with Crippen molar-refractivity contribution in [3.05, 3.63) is 29.6 Å². The smallest absolute Gasteiger partial charge is 0.144 e. The standard InChI is InChI=1S/C12H13FN2O/c13-12-6-11(4-3-9(12)7-14)16-8-10-2-1-5-15-10/h3-4,6,10,15H,1-2,5,8H2/t10-/m0/s1. The number of hydrogen-bond acceptors (Lipinski definition) is 3. The Morgan fingerprint density at radius 1 is 1.56 bits per heavy atom. The maximum Gasteiger partial charge on any atom is 0.144 e. The van der Waals surface area contributed by atoms with Crippen molar-refractivity contribution in [3.63, 3.8) is 0 Å². The van der Waals surface area contributed by atoms with Gasteiger partial charge in [0.25, 0.3) is 0 Å². The first-order chi connectivity index (χ1) is 7.79. The molecule has 1 N–H and O–H groups in total. The van der Waals surface area contributed by atoms with Crippen molar-refractivity contribution in [2.75, 3.05) is 13.2 Å². The Morgan fingerprint density at radius 2 is 2.44 bits per heavy atom. The van der Waals surface area contributed by atoms with Gasteiger partial charge in [-0.1, -0.05) is 0 Å². The van der Waals surface area contributed by atoms with Crippen molar-refractivity contribution in [2.45, 2.75) is 18.9 Å². The van der Waals surface area contributed by atoms with Crippen LogP contribution in [0.3, 0.4) is 0 Å². The van der Waals surface area contributed by atoms with Crippen molar-refractivity contribution in [1.82, 2.24) is 5.32 Å². The lowest BCUT2D eigenvalue weighted by Gasteiger charge is -2.12. The zero-order valence-electron chi connectivity index (χ0n) is 8.87. The molecular formula is C12H13FN2O. The fraction of sp³-hybridized carbons (Fsp3) is 0.417. The highest BCUT2D eigenvalue weighted by molar-refractivity contribution is 5.36. The zero-order valence-corrected chi connectivity index (χ0v) is 8.87. The third-order valence-electron chi connectivity index (χ3n) is 2.67. The number of nitriles is 1. The zero-order chi connectivity index (χ0) is 11.4. The van der Waals surface area contributed by atoms with E-state index >= 15 is 0 Å². The summed E-state index contributed by atoms with van der Waals surface area (Å²) in [7, 11) is 0. The van der Waals surface area contributed by atoms with Crippen LogP contribution >= 0.6 is 0 Å². The van der Waals surface area contributed by atoms with Crippen LogP contribution in [0.2, 0.25) is 0 Å². The van der Waals surface area contributed by atoms with Crippen molar-refractivity contribution < 1.29 is 9.13 Å². The molecule has 1 fully saturated rings. The summed E-state index contributed by atoms with van der Waals surface area (Å²) in [5, 5.41) is 11.9. The van der Waals surface area contributed by atoms with E-state index in [1.165, 1.54) is 12.1 Å². The first kappa shape index (κ1) is 10.9. The lowest BCUT2D eigenvalue weighted by molar-refractivity contribution is 0.276. The Balaban J connectivity index is 1.94. The van der Waals surface area contributed by atoms with E-state index in [1.807, 2.05) is 0 Å². The number of ether oxygens (including phenoxy) is 1. The largest absolute Gasteiger partial charge is 0.492 e. The van der Waals surface area contributed by atoms with Crippen LogP contribution in [0.1, 0.15) is 18.4 Å². The van der Waals surface area contributed by atoms with Crippen LogP contribution in [0, 0.1) is 17.1 Å². The van der Waals surface area contributed by atoms with E-state index in [1.54, 1.807) is 12.1 Å². The molecule has 1 saturated heterocycles. The number of benzene rings is 1. The van der Waals surface area contributed by atoms with Gasteiger partial charge in [0, 0.05) is 12.1 Å². The molecule has 0 amide bonds. The van der Waals surface area contributed by atoms with Gasteiger partial charge in [0.15, 0.2) is 0 Å². The van der Waals surface area contributed by atoms with Gasteiger partial charge in [0.1, 0.15) is 24.2 Å². The molecule has 16 heavy (non-hydrogen) atoms. The highest BCUT2D eigenvalue weighted by atomic mass is 19.1. The lowest BCUT2D eigenvalue weighted by atomic mass is 10.2. The summed E-state index contributed by atoms with van der Waals surface area (Å²) in [5.74, 6) is -0.0513. The van der Waals surface area contributed by atoms with Crippen LogP contribution in [0.25, 0.3) is 0 Å². The molecule has 0 aliphatic carbocycles. The first-order valence-electron chi connectivity index (χ1n) is 5.35. The predicted octanol–water partition coefficient (Wildman–Crippen LogP) is 1.83. The highest BCUT2D eigenvalue weighted by Crippen LogP contribution is 2.17. The molecule has 1 aliphatic heterocycles. The van der Waals surface area contributed by atoms with Crippen LogP contribution in [0.15, 0.2) is 18.2 Å². The van der Waals surface area contributed by atoms with E-state index in [-0.39, 0.29) is 5.56 Å². The predicted molar refractivity (Wildman–Crippen MR) is 57.6 cm³/mol. The minimum atomic E-state index is -0.528. The van der Waals surface area contributed by atoms with Gasteiger partial charge in [0.2, 0.25) is 0 Å². The summed E-state index contributed by atoms with van der Waals surface area (Å²) >= 11 is 0. The number of nitrogens with zero attached hydrogens (tertiary/aromatic N) is 1. The van der Waals surface area contributed by atoms with Crippen molar-refractivity contribution in [3.8, 4) is 11.8 Å². The molecule has 3 nitrogen and oxygen atoms in total. The van der Waals surface area contributed by atoms with Crippen LogP contribution in [0.4, 0.5) is 4.39 Å². The third-order valence-corrected chi connectivity index (χ3v) is 2.67. The van der Waals surface area contributed by atoms with E-state index in [0.29, 0.717) is 18.4 Å². The summed E-state index contributed by atoms with van der Waals surface area (Å²) in [6.45, 7) is 1.57. The van der Waals surface area contributed by atoms with Gasteiger partial charge < -0.3 is 10.1 Å². The molecule has 1 atom stereocenters. The molecule has 2 rings (SSSR count). The van der Waals surface area contributed by atoms with Gasteiger partial charge in [-0.15, -0.1) is 0 Å². The second-order valence-corrected chi connectivity index (χ2v) is 3.86. The second-order valence-electron chi connectivity index (χ2n) is 3.86. The summed E-state index contributed by atoms with van der Waals surface area (Å²) in [6.07, 6.45) is 2.26. The van der Waals surface area contributed by atoms with E-state index in [2.05, 4.69) is 5.32 Å². The molecule has 0 unspecified atom stereocenters. The molecule has 0 bridgehead atoms. The van der Waals surface area contributed by atoms with Crippen molar-refractivity contribution >= 4 is 0 Å². The van der Waals surface area contributed by atoms with Gasteiger partial charge in [-0.05, 0) is 31.5 Å². The monoisotopic (exact) mass is 220 g/mol. The summed E-state index contributed by atoms with van der Waals surface area (Å²) < 4.78 is 18.7. The molecule has 1 aromatic carbocycles. The van der Waals surface area contributed by atoms with E-state index in [9.17, 15) is 4.39 Å². The summed E-state index contributed by atoms with van der Waals surface area (Å²) in [5.41, 5.74) is 0.0475. The maximum absolute atomic E-state index is 13.2. The third kappa shape index (κ3) is 2.50. The number of hydrogen-bond donors (Lipinski definition) is 1. The minimum Gasteiger partial charge on any atom is -0.492 e. The first-order valence-corrected chi connectivity index (χ1v) is 5.35. The Bertz CT molecular complexity index is 408. The SMILES string of the molecule is N#Cc1ccc(OC[C@@H]2CCCN2)cc1F. The molecule has 0 aromatic heterocycles. The van der Waals surface area contributed by atoms with Crippen LogP contribution in [-0.4, -0.2) is 19.2 Å². The Morgan fingerprint density at radius 3 is 3.06 bits per heavy atom. The average Bonchev–Trinajstić information content (AvgIpc) is 2.79. The van der Waals surface area contributed by atoms with Crippen molar-refractivity contribution in [2.24, 2.45) is 0 Å². The minimum absolute atomic E-state index is 0.0475. The van der Waals surface area contributed by atoms with Gasteiger partial charge in [-0.2, -0.15) is 5.26 Å². The molecule has 1 heterocycles. The summed E-state index contributed by atoms with van der Waals surface area (Å²) in [6, 6.07) is 6.45. The van der Waals surface area contributed by atoms with Gasteiger partial charge in [-0.3, -0.25) is 0 Å². The molecule has 1 aromatic rings. The van der Waals surface area contributed by atoms with Crippen molar-refractivity contribution in [1.29, 1.82) is 5.26 Å². The lowest BCUT2D eigenvalue weighted by Crippen LogP contribution is -2.28. The normalized spacial score (nSPS) is 19.4. The fourth-order valence-electron chi connectivity index (χ4n) is 1.77. The molecule has 0 spiro atoms. The van der Waals surface area contributed by atoms with Gasteiger partial charge in [-0.25, -0.2) is 4.39 Å². The molecule has 0 saturated carbocycles. The van der Waals surface area contributed by atoms with E-state index in [0.717, 1.165) is 19.4 Å². The summed E-state index contributed by atoms with van der Waals surface area (Å²) in [4.78, 5) is 0. The number of nitrogens with one attached hydrogen (secondary N) is 1. The van der Waals surface area contributed by atoms with E-state index < -0.39 is 5.82 Å². The molecule has 0 radical (unpaired) electrons. The molecular weight excluding hydrogens is 207 g/mol. The second kappa shape index (κ2) is 4.95. The maximum atomic E-state index is 13.2. The number of rotatable bonds is 3. The molecule has 4 heteroatoms. The Kier molecular flexibility index (Phi) is 3.37. The topological polar surface area (TPSA) is 45.0 Å². The fourth-order valence-corrected chi connectivity index (χ4v) is 1.77. The van der Waals surface area contributed by atoms with Crippen LogP contribution in [0.5, 0.6) is 5.75 Å². The quantitative estimate of drug-likeness (QED) is 0.845. The average molecular weight is 220 g/mol. The number of halogens is 1. The van der Waals surface area contributed by atoms with E-state index in [4.69, 9.17) is 10.00 Å². The Hall–Kier alpha value is -1.60. The van der Waals surface area contributed by atoms with Gasteiger partial charge >= 0.3 is 0 Å². The highest BCUT2D eigenvalue weighted by Gasteiger charge is 2.14. The van der Waals surface area contributed by atoms with Gasteiger partial charge in [0.05, 0.1) is 5.56 Å². The van der Waals surface area contributed by atoms with Crippen LogP contribution < -0.4 is 10.1 Å². The molecule has 84 valence electrons.